The van der Waals surface area contributed by atoms with Gasteiger partial charge in [0.25, 0.3) is 5.91 Å². The third-order valence-electron chi connectivity index (χ3n) is 3.99. The van der Waals surface area contributed by atoms with Crippen LogP contribution >= 0.6 is 11.3 Å². The molecule has 3 aromatic rings. The van der Waals surface area contributed by atoms with Crippen LogP contribution in [0.2, 0.25) is 0 Å². The Kier molecular flexibility index (Phi) is 5.01. The van der Waals surface area contributed by atoms with Crippen molar-refractivity contribution in [3.8, 4) is 11.8 Å². The SMILES string of the molecule is Cc1csc(NC(=O)C(C#N)=Cc2cc(C)n(-c3ccccc3)c2C)n1. The molecule has 0 saturated heterocycles. The van der Waals surface area contributed by atoms with Crippen LogP contribution in [0.1, 0.15) is 22.6 Å². The van der Waals surface area contributed by atoms with Gasteiger partial charge in [-0.05, 0) is 50.6 Å². The predicted molar refractivity (Wildman–Crippen MR) is 104 cm³/mol. The van der Waals surface area contributed by atoms with Gasteiger partial charge in [-0.3, -0.25) is 10.1 Å². The highest BCUT2D eigenvalue weighted by atomic mass is 32.1. The molecular formula is C20H18N4OS. The lowest BCUT2D eigenvalue weighted by molar-refractivity contribution is -0.112. The largest absolute Gasteiger partial charge is 0.318 e. The number of aryl methyl sites for hydroxylation is 2. The first-order chi connectivity index (χ1) is 12.5. The number of amides is 1. The lowest BCUT2D eigenvalue weighted by atomic mass is 10.1. The Hall–Kier alpha value is -3.17. The number of carbonyl (C=O) groups excluding carboxylic acids is 1. The maximum absolute atomic E-state index is 12.4. The Balaban J connectivity index is 1.93. The molecule has 0 spiro atoms. The number of thiazole rings is 1. The van der Waals surface area contributed by atoms with Crippen LogP contribution in [0.4, 0.5) is 5.13 Å². The highest BCUT2D eigenvalue weighted by Crippen LogP contribution is 2.23. The molecule has 3 rings (SSSR count). The number of aromatic nitrogens is 2. The quantitative estimate of drug-likeness (QED) is 0.552. The molecule has 2 heterocycles. The molecule has 1 amide bonds. The molecule has 130 valence electrons. The number of rotatable bonds is 4. The second-order valence-corrected chi connectivity index (χ2v) is 6.77. The number of nitrogens with one attached hydrogen (secondary N) is 1. The molecule has 0 fully saturated rings. The summed E-state index contributed by atoms with van der Waals surface area (Å²) in [5.41, 5.74) is 4.77. The van der Waals surface area contributed by atoms with Crippen molar-refractivity contribution in [3.63, 3.8) is 0 Å². The van der Waals surface area contributed by atoms with Gasteiger partial charge in [0.05, 0.1) is 5.69 Å². The van der Waals surface area contributed by atoms with E-state index in [1.807, 2.05) is 68.6 Å². The van der Waals surface area contributed by atoms with E-state index in [4.69, 9.17) is 0 Å². The minimum atomic E-state index is -0.452. The van der Waals surface area contributed by atoms with Crippen molar-refractivity contribution in [2.75, 3.05) is 5.32 Å². The molecule has 26 heavy (non-hydrogen) atoms. The Labute approximate surface area is 156 Å². The zero-order valence-corrected chi connectivity index (χ0v) is 15.6. The van der Waals surface area contributed by atoms with E-state index in [-0.39, 0.29) is 5.57 Å². The van der Waals surface area contributed by atoms with E-state index in [0.717, 1.165) is 28.3 Å². The molecule has 0 radical (unpaired) electrons. The van der Waals surface area contributed by atoms with Crippen molar-refractivity contribution < 1.29 is 4.79 Å². The van der Waals surface area contributed by atoms with Crippen molar-refractivity contribution in [1.29, 1.82) is 5.26 Å². The van der Waals surface area contributed by atoms with Gasteiger partial charge < -0.3 is 4.57 Å². The Morgan fingerprint density at radius 3 is 2.62 bits per heavy atom. The summed E-state index contributed by atoms with van der Waals surface area (Å²) < 4.78 is 2.10. The van der Waals surface area contributed by atoms with Crippen LogP contribution in [0.15, 0.2) is 47.4 Å². The maximum atomic E-state index is 12.4. The van der Waals surface area contributed by atoms with Crippen molar-refractivity contribution in [3.05, 3.63) is 70.0 Å². The van der Waals surface area contributed by atoms with Gasteiger partial charge in [0.2, 0.25) is 0 Å². The summed E-state index contributed by atoms with van der Waals surface area (Å²) in [7, 11) is 0. The van der Waals surface area contributed by atoms with E-state index in [1.54, 1.807) is 6.08 Å². The summed E-state index contributed by atoms with van der Waals surface area (Å²) in [4.78, 5) is 16.6. The second kappa shape index (κ2) is 7.38. The fraction of sp³-hybridized carbons (Fsp3) is 0.150. The summed E-state index contributed by atoms with van der Waals surface area (Å²) >= 11 is 1.34. The highest BCUT2D eigenvalue weighted by molar-refractivity contribution is 7.13. The molecule has 6 heteroatoms. The summed E-state index contributed by atoms with van der Waals surface area (Å²) in [5.74, 6) is -0.452. The predicted octanol–water partition coefficient (Wildman–Crippen LogP) is 4.40. The molecule has 0 atom stereocenters. The summed E-state index contributed by atoms with van der Waals surface area (Å²) in [6.45, 7) is 5.83. The number of nitrogens with zero attached hydrogens (tertiary/aromatic N) is 3. The topological polar surface area (TPSA) is 70.7 Å². The lowest BCUT2D eigenvalue weighted by Crippen LogP contribution is -2.13. The van der Waals surface area contributed by atoms with Crippen molar-refractivity contribution >= 4 is 28.5 Å². The number of nitriles is 1. The van der Waals surface area contributed by atoms with Gasteiger partial charge >= 0.3 is 0 Å². The fourth-order valence-electron chi connectivity index (χ4n) is 2.79. The molecule has 0 aliphatic heterocycles. The third-order valence-corrected chi connectivity index (χ3v) is 4.86. The van der Waals surface area contributed by atoms with Gasteiger partial charge in [-0.1, -0.05) is 18.2 Å². The molecule has 0 aliphatic rings. The molecule has 0 saturated carbocycles. The number of anilines is 1. The van der Waals surface area contributed by atoms with Gasteiger partial charge in [0, 0.05) is 22.5 Å². The molecule has 0 unspecified atom stereocenters. The summed E-state index contributed by atoms with van der Waals surface area (Å²) in [5, 5.41) is 14.4. The Morgan fingerprint density at radius 1 is 1.27 bits per heavy atom. The van der Waals surface area contributed by atoms with Gasteiger partial charge in [-0.2, -0.15) is 5.26 Å². The summed E-state index contributed by atoms with van der Waals surface area (Å²) in [6.07, 6.45) is 1.62. The lowest BCUT2D eigenvalue weighted by Gasteiger charge is -2.09. The Morgan fingerprint density at radius 2 is 2.00 bits per heavy atom. The normalized spacial score (nSPS) is 11.2. The van der Waals surface area contributed by atoms with Crippen LogP contribution in [0.3, 0.4) is 0 Å². The zero-order valence-electron chi connectivity index (χ0n) is 14.8. The van der Waals surface area contributed by atoms with Gasteiger partial charge in [0.15, 0.2) is 5.13 Å². The van der Waals surface area contributed by atoms with E-state index >= 15 is 0 Å². The van der Waals surface area contributed by atoms with Crippen LogP contribution < -0.4 is 5.32 Å². The van der Waals surface area contributed by atoms with Crippen molar-refractivity contribution in [1.82, 2.24) is 9.55 Å². The fourth-order valence-corrected chi connectivity index (χ4v) is 3.47. The molecule has 1 aromatic carbocycles. The van der Waals surface area contributed by atoms with Gasteiger partial charge in [-0.25, -0.2) is 4.98 Å². The van der Waals surface area contributed by atoms with Crippen LogP contribution in [-0.4, -0.2) is 15.5 Å². The van der Waals surface area contributed by atoms with E-state index in [2.05, 4.69) is 14.9 Å². The number of hydrogen-bond acceptors (Lipinski definition) is 4. The van der Waals surface area contributed by atoms with Crippen LogP contribution in [0, 0.1) is 32.1 Å². The average Bonchev–Trinajstić information content (AvgIpc) is 3.15. The Bertz CT molecular complexity index is 1020. The van der Waals surface area contributed by atoms with Crippen LogP contribution in [-0.2, 0) is 4.79 Å². The summed E-state index contributed by atoms with van der Waals surface area (Å²) in [6, 6.07) is 13.9. The van der Waals surface area contributed by atoms with Gasteiger partial charge in [0.1, 0.15) is 11.6 Å². The van der Waals surface area contributed by atoms with Gasteiger partial charge in [-0.15, -0.1) is 11.3 Å². The second-order valence-electron chi connectivity index (χ2n) is 5.92. The maximum Gasteiger partial charge on any atom is 0.268 e. The first-order valence-electron chi connectivity index (χ1n) is 8.09. The zero-order chi connectivity index (χ0) is 18.7. The van der Waals surface area contributed by atoms with E-state index in [1.165, 1.54) is 11.3 Å². The molecule has 5 nitrogen and oxygen atoms in total. The average molecular weight is 362 g/mol. The molecule has 2 aromatic heterocycles. The highest BCUT2D eigenvalue weighted by Gasteiger charge is 2.14. The standard InChI is InChI=1S/C20H18N4OS/c1-13-12-26-20(22-13)23-19(25)17(11-21)10-16-9-14(2)24(15(16)3)18-7-5-4-6-8-18/h4-10,12H,1-3H3,(H,22,23,25). The minimum Gasteiger partial charge on any atom is -0.318 e. The van der Waals surface area contributed by atoms with Crippen LogP contribution in [0.25, 0.3) is 11.8 Å². The molecule has 0 aliphatic carbocycles. The molecule has 0 bridgehead atoms. The van der Waals surface area contributed by atoms with Crippen molar-refractivity contribution in [2.24, 2.45) is 0 Å². The number of para-hydroxylation sites is 1. The monoisotopic (exact) mass is 362 g/mol. The van der Waals surface area contributed by atoms with Crippen LogP contribution in [0.5, 0.6) is 0 Å². The van der Waals surface area contributed by atoms with Crippen molar-refractivity contribution in [2.45, 2.75) is 20.8 Å². The molecule has 1 N–H and O–H groups in total. The first-order valence-corrected chi connectivity index (χ1v) is 8.97. The van der Waals surface area contributed by atoms with E-state index in [9.17, 15) is 10.1 Å². The molecular weight excluding hydrogens is 344 g/mol. The smallest absolute Gasteiger partial charge is 0.268 e. The minimum absolute atomic E-state index is 0.0474. The third kappa shape index (κ3) is 3.58. The van der Waals surface area contributed by atoms with E-state index < -0.39 is 5.91 Å². The van der Waals surface area contributed by atoms with E-state index in [0.29, 0.717) is 5.13 Å². The number of carbonyl (C=O) groups is 1. The number of hydrogen-bond donors (Lipinski definition) is 1. The first kappa shape index (κ1) is 17.6. The number of benzene rings is 1.